The van der Waals surface area contributed by atoms with Crippen LogP contribution in [-0.2, 0) is 0 Å². The predicted octanol–water partition coefficient (Wildman–Crippen LogP) is 5.09. The van der Waals surface area contributed by atoms with Crippen molar-refractivity contribution in [3.63, 3.8) is 0 Å². The zero-order valence-corrected chi connectivity index (χ0v) is 13.9. The van der Waals surface area contributed by atoms with E-state index in [2.05, 4.69) is 38.8 Å². The number of halogens is 1. The fraction of sp³-hybridized carbons (Fsp3) is 0.389. The van der Waals surface area contributed by atoms with Crippen LogP contribution in [0.5, 0.6) is 0 Å². The van der Waals surface area contributed by atoms with Gasteiger partial charge in [-0.2, -0.15) is 0 Å². The second-order valence-electron chi connectivity index (χ2n) is 5.91. The molecule has 0 spiro atoms. The van der Waals surface area contributed by atoms with Gasteiger partial charge in [0, 0.05) is 28.3 Å². The summed E-state index contributed by atoms with van der Waals surface area (Å²) in [5.74, 6) is 0. The molecular weight excluding hydrogens is 326 g/mol. The Balaban J connectivity index is 2.11. The number of hydrogen-bond acceptors (Lipinski definition) is 1. The molecule has 0 radical (unpaired) electrons. The average Bonchev–Trinajstić information content (AvgIpc) is 2.51. The van der Waals surface area contributed by atoms with E-state index >= 15 is 0 Å². The summed E-state index contributed by atoms with van der Waals surface area (Å²) in [4.78, 5) is 12.1. The molecule has 0 atom stereocenters. The van der Waals surface area contributed by atoms with Gasteiger partial charge in [-0.05, 0) is 37.5 Å². The normalized spacial score (nSPS) is 16.1. The summed E-state index contributed by atoms with van der Waals surface area (Å²) >= 11 is 3.47. The van der Waals surface area contributed by atoms with Crippen molar-refractivity contribution in [1.29, 1.82) is 0 Å². The second-order valence-corrected chi connectivity index (χ2v) is 6.83. The van der Waals surface area contributed by atoms with E-state index in [9.17, 15) is 4.79 Å². The maximum atomic E-state index is 12.1. The first-order chi connectivity index (χ1) is 10.1. The van der Waals surface area contributed by atoms with Gasteiger partial charge < -0.3 is 4.57 Å². The van der Waals surface area contributed by atoms with Crippen LogP contribution in [0.4, 0.5) is 0 Å². The van der Waals surface area contributed by atoms with Gasteiger partial charge in [0.2, 0.25) is 0 Å². The number of aryl methyl sites for hydroxylation is 1. The molecule has 0 aliphatic heterocycles. The van der Waals surface area contributed by atoms with Crippen LogP contribution in [0.15, 0.2) is 45.8 Å². The number of pyridine rings is 1. The van der Waals surface area contributed by atoms with Gasteiger partial charge in [-0.25, -0.2) is 0 Å². The summed E-state index contributed by atoms with van der Waals surface area (Å²) in [6.45, 7) is 1.91. The highest BCUT2D eigenvalue weighted by Crippen LogP contribution is 2.32. The molecule has 1 aliphatic carbocycles. The first kappa shape index (κ1) is 14.6. The van der Waals surface area contributed by atoms with E-state index in [0.29, 0.717) is 6.04 Å². The van der Waals surface area contributed by atoms with Gasteiger partial charge in [-0.15, -0.1) is 0 Å². The Kier molecular flexibility index (Phi) is 4.29. The topological polar surface area (TPSA) is 22.0 Å². The molecule has 0 amide bonds. The fourth-order valence-electron chi connectivity index (χ4n) is 3.17. The van der Waals surface area contributed by atoms with Crippen molar-refractivity contribution in [2.45, 2.75) is 45.1 Å². The standard InChI is InChI=1S/C18H20BrNO/c1-13-12-20(16-5-3-2-4-6-16)17(11-18(13)21)14-7-9-15(19)10-8-14/h7-12,16H,2-6H2,1H3. The summed E-state index contributed by atoms with van der Waals surface area (Å²) in [5.41, 5.74) is 3.12. The molecular formula is C18H20BrNO. The number of hydrogen-bond donors (Lipinski definition) is 0. The first-order valence-corrected chi connectivity index (χ1v) is 8.43. The fourth-order valence-corrected chi connectivity index (χ4v) is 3.43. The van der Waals surface area contributed by atoms with Gasteiger partial charge in [-0.1, -0.05) is 47.3 Å². The molecule has 3 heteroatoms. The predicted molar refractivity (Wildman–Crippen MR) is 90.7 cm³/mol. The summed E-state index contributed by atoms with van der Waals surface area (Å²) < 4.78 is 3.39. The molecule has 0 saturated heterocycles. The molecule has 1 aliphatic rings. The molecule has 21 heavy (non-hydrogen) atoms. The molecule has 2 nitrogen and oxygen atoms in total. The molecule has 0 N–H and O–H groups in total. The van der Waals surface area contributed by atoms with Crippen LogP contribution < -0.4 is 5.43 Å². The maximum Gasteiger partial charge on any atom is 0.185 e. The lowest BCUT2D eigenvalue weighted by Crippen LogP contribution is -2.19. The quantitative estimate of drug-likeness (QED) is 0.742. The van der Waals surface area contributed by atoms with Crippen molar-refractivity contribution in [3.05, 3.63) is 56.8 Å². The minimum absolute atomic E-state index is 0.125. The lowest BCUT2D eigenvalue weighted by atomic mass is 9.94. The van der Waals surface area contributed by atoms with E-state index in [0.717, 1.165) is 21.3 Å². The number of nitrogens with zero attached hydrogens (tertiary/aromatic N) is 1. The van der Waals surface area contributed by atoms with Gasteiger partial charge in [0.15, 0.2) is 5.43 Å². The van der Waals surface area contributed by atoms with Crippen LogP contribution >= 0.6 is 15.9 Å². The number of rotatable bonds is 2. The van der Waals surface area contributed by atoms with Crippen LogP contribution in [0.2, 0.25) is 0 Å². The van der Waals surface area contributed by atoms with E-state index < -0.39 is 0 Å². The van der Waals surface area contributed by atoms with Crippen molar-refractivity contribution in [3.8, 4) is 11.3 Å². The molecule has 0 unspecified atom stereocenters. The van der Waals surface area contributed by atoms with Gasteiger partial charge in [0.1, 0.15) is 0 Å². The minimum atomic E-state index is 0.125. The van der Waals surface area contributed by atoms with Crippen LogP contribution in [0.1, 0.15) is 43.7 Å². The monoisotopic (exact) mass is 345 g/mol. The highest BCUT2D eigenvalue weighted by atomic mass is 79.9. The van der Waals surface area contributed by atoms with Crippen molar-refractivity contribution >= 4 is 15.9 Å². The summed E-state index contributed by atoms with van der Waals surface area (Å²) in [5, 5.41) is 0. The summed E-state index contributed by atoms with van der Waals surface area (Å²) in [7, 11) is 0. The number of benzene rings is 1. The van der Waals surface area contributed by atoms with Crippen molar-refractivity contribution < 1.29 is 0 Å². The molecule has 3 rings (SSSR count). The minimum Gasteiger partial charge on any atom is -0.344 e. The van der Waals surface area contributed by atoms with Gasteiger partial charge >= 0.3 is 0 Å². The van der Waals surface area contributed by atoms with Crippen molar-refractivity contribution in [1.82, 2.24) is 4.57 Å². The van der Waals surface area contributed by atoms with E-state index in [4.69, 9.17) is 0 Å². The highest BCUT2D eigenvalue weighted by molar-refractivity contribution is 9.10. The second kappa shape index (κ2) is 6.18. The molecule has 1 fully saturated rings. The Morgan fingerprint density at radius 2 is 1.76 bits per heavy atom. The van der Waals surface area contributed by atoms with Gasteiger partial charge in [0.25, 0.3) is 0 Å². The van der Waals surface area contributed by atoms with E-state index in [-0.39, 0.29) is 5.43 Å². The zero-order chi connectivity index (χ0) is 14.8. The van der Waals surface area contributed by atoms with E-state index in [1.807, 2.05) is 19.1 Å². The molecule has 1 aromatic carbocycles. The van der Waals surface area contributed by atoms with Crippen LogP contribution in [0.25, 0.3) is 11.3 Å². The van der Waals surface area contributed by atoms with Crippen LogP contribution in [0, 0.1) is 6.92 Å². The zero-order valence-electron chi connectivity index (χ0n) is 12.3. The van der Waals surface area contributed by atoms with Crippen LogP contribution in [0.3, 0.4) is 0 Å². The van der Waals surface area contributed by atoms with Gasteiger partial charge in [0.05, 0.1) is 5.69 Å². The van der Waals surface area contributed by atoms with Crippen molar-refractivity contribution in [2.75, 3.05) is 0 Å². The van der Waals surface area contributed by atoms with Crippen molar-refractivity contribution in [2.24, 2.45) is 0 Å². The molecule has 1 saturated carbocycles. The molecule has 2 aromatic rings. The van der Waals surface area contributed by atoms with E-state index in [1.165, 1.54) is 32.1 Å². The lowest BCUT2D eigenvalue weighted by Gasteiger charge is -2.28. The third-order valence-corrected chi connectivity index (χ3v) is 4.90. The Morgan fingerprint density at radius 3 is 2.43 bits per heavy atom. The third kappa shape index (κ3) is 3.13. The number of aromatic nitrogens is 1. The first-order valence-electron chi connectivity index (χ1n) is 7.64. The Hall–Kier alpha value is -1.35. The molecule has 1 heterocycles. The van der Waals surface area contributed by atoms with E-state index in [1.54, 1.807) is 6.07 Å². The molecule has 1 aromatic heterocycles. The third-order valence-electron chi connectivity index (χ3n) is 4.38. The lowest BCUT2D eigenvalue weighted by molar-refractivity contribution is 0.354. The van der Waals surface area contributed by atoms with Crippen LogP contribution in [-0.4, -0.2) is 4.57 Å². The smallest absolute Gasteiger partial charge is 0.185 e. The maximum absolute atomic E-state index is 12.1. The molecule has 110 valence electrons. The Morgan fingerprint density at radius 1 is 1.10 bits per heavy atom. The Bertz CT molecular complexity index is 681. The highest BCUT2D eigenvalue weighted by Gasteiger charge is 2.18. The molecule has 0 bridgehead atoms. The average molecular weight is 346 g/mol. The summed E-state index contributed by atoms with van der Waals surface area (Å²) in [6.07, 6.45) is 8.39. The van der Waals surface area contributed by atoms with Gasteiger partial charge in [-0.3, -0.25) is 4.79 Å². The Labute approximate surface area is 133 Å². The largest absolute Gasteiger partial charge is 0.344 e. The SMILES string of the molecule is Cc1cn(C2CCCCC2)c(-c2ccc(Br)cc2)cc1=O. The summed E-state index contributed by atoms with van der Waals surface area (Å²) in [6, 6.07) is 10.5.